The summed E-state index contributed by atoms with van der Waals surface area (Å²) in [4.78, 5) is 14.4. The van der Waals surface area contributed by atoms with E-state index in [1.165, 1.54) is 16.8 Å². The Morgan fingerprint density at radius 1 is 1.04 bits per heavy atom. The first-order valence-corrected chi connectivity index (χ1v) is 8.49. The number of carbonyl (C=O) groups is 1. The molecule has 0 spiro atoms. The Kier molecular flexibility index (Phi) is 5.49. The summed E-state index contributed by atoms with van der Waals surface area (Å²) in [5.74, 6) is 0.0520. The summed E-state index contributed by atoms with van der Waals surface area (Å²) >= 11 is 0. The van der Waals surface area contributed by atoms with E-state index < -0.39 is 0 Å². The van der Waals surface area contributed by atoms with Crippen LogP contribution in [0.25, 0.3) is 0 Å². The Morgan fingerprint density at radius 3 is 2.38 bits per heavy atom. The van der Waals surface area contributed by atoms with E-state index in [1.54, 1.807) is 0 Å². The molecule has 1 aliphatic heterocycles. The first kappa shape index (κ1) is 16.5. The zero-order chi connectivity index (χ0) is 16.8. The minimum absolute atomic E-state index is 0.0520. The molecule has 0 saturated carbocycles. The minimum Gasteiger partial charge on any atom is -0.378 e. The molecule has 2 aromatic rings. The first-order chi connectivity index (χ1) is 11.7. The van der Waals surface area contributed by atoms with Gasteiger partial charge < -0.3 is 15.0 Å². The van der Waals surface area contributed by atoms with Gasteiger partial charge in [0.25, 0.3) is 0 Å². The molecule has 1 amide bonds. The summed E-state index contributed by atoms with van der Waals surface area (Å²) in [6.45, 7) is 5.50. The van der Waals surface area contributed by atoms with Crippen molar-refractivity contribution in [1.29, 1.82) is 0 Å². The molecular formula is C20H24N2O2. The van der Waals surface area contributed by atoms with Crippen LogP contribution in [0, 0.1) is 6.92 Å². The molecule has 4 heteroatoms. The summed E-state index contributed by atoms with van der Waals surface area (Å²) in [7, 11) is 0. The van der Waals surface area contributed by atoms with Gasteiger partial charge in [0.2, 0.25) is 5.91 Å². The highest BCUT2D eigenvalue weighted by Crippen LogP contribution is 2.17. The Labute approximate surface area is 143 Å². The predicted octanol–water partition coefficient (Wildman–Crippen LogP) is 3.40. The zero-order valence-corrected chi connectivity index (χ0v) is 14.1. The molecule has 126 valence electrons. The van der Waals surface area contributed by atoms with Crippen LogP contribution in [0.4, 0.5) is 11.4 Å². The number of amides is 1. The molecule has 0 aliphatic carbocycles. The molecule has 0 unspecified atom stereocenters. The number of rotatable bonds is 5. The zero-order valence-electron chi connectivity index (χ0n) is 14.1. The standard InChI is InChI=1S/C20H24N2O2/c1-16-2-7-18(8-3-16)21-20(23)11-6-17-4-9-19(10-5-17)22-12-14-24-15-13-22/h2-5,7-10H,6,11-15H2,1H3,(H,21,23). The number of aryl methyl sites for hydroxylation is 2. The molecule has 0 radical (unpaired) electrons. The summed E-state index contributed by atoms with van der Waals surface area (Å²) in [6.07, 6.45) is 1.24. The van der Waals surface area contributed by atoms with Gasteiger partial charge in [-0.25, -0.2) is 0 Å². The largest absolute Gasteiger partial charge is 0.378 e. The Bertz CT molecular complexity index is 659. The van der Waals surface area contributed by atoms with Crippen molar-refractivity contribution < 1.29 is 9.53 Å². The number of hydrogen-bond donors (Lipinski definition) is 1. The number of nitrogens with zero attached hydrogens (tertiary/aromatic N) is 1. The number of benzene rings is 2. The SMILES string of the molecule is Cc1ccc(NC(=O)CCc2ccc(N3CCOCC3)cc2)cc1. The van der Waals surface area contributed by atoms with Crippen molar-refractivity contribution >= 4 is 17.3 Å². The lowest BCUT2D eigenvalue weighted by Crippen LogP contribution is -2.36. The lowest BCUT2D eigenvalue weighted by atomic mass is 10.1. The maximum Gasteiger partial charge on any atom is 0.224 e. The summed E-state index contributed by atoms with van der Waals surface area (Å²) in [5.41, 5.74) is 4.46. The van der Waals surface area contributed by atoms with Crippen molar-refractivity contribution in [2.45, 2.75) is 19.8 Å². The fourth-order valence-corrected chi connectivity index (χ4v) is 2.81. The van der Waals surface area contributed by atoms with Crippen molar-refractivity contribution in [3.63, 3.8) is 0 Å². The average Bonchev–Trinajstić information content (AvgIpc) is 2.63. The fraction of sp³-hybridized carbons (Fsp3) is 0.350. The van der Waals surface area contributed by atoms with Gasteiger partial charge in [0.15, 0.2) is 0 Å². The van der Waals surface area contributed by atoms with Gasteiger partial charge >= 0.3 is 0 Å². The lowest BCUT2D eigenvalue weighted by Gasteiger charge is -2.28. The van der Waals surface area contributed by atoms with Gasteiger partial charge in [0.05, 0.1) is 13.2 Å². The highest BCUT2D eigenvalue weighted by Gasteiger charge is 2.11. The Morgan fingerprint density at radius 2 is 1.71 bits per heavy atom. The van der Waals surface area contributed by atoms with Crippen LogP contribution in [0.2, 0.25) is 0 Å². The van der Waals surface area contributed by atoms with Gasteiger partial charge in [-0.3, -0.25) is 4.79 Å². The normalized spacial score (nSPS) is 14.5. The van der Waals surface area contributed by atoms with Crippen LogP contribution in [0.1, 0.15) is 17.5 Å². The van der Waals surface area contributed by atoms with Gasteiger partial charge in [-0.1, -0.05) is 29.8 Å². The smallest absolute Gasteiger partial charge is 0.224 e. The second kappa shape index (κ2) is 7.97. The number of ether oxygens (including phenoxy) is 1. The summed E-state index contributed by atoms with van der Waals surface area (Å²) in [6, 6.07) is 16.4. The van der Waals surface area contributed by atoms with Gasteiger partial charge in [0.1, 0.15) is 0 Å². The van der Waals surface area contributed by atoms with Crippen molar-refractivity contribution in [3.05, 3.63) is 59.7 Å². The van der Waals surface area contributed by atoms with Crippen LogP contribution in [-0.4, -0.2) is 32.2 Å². The molecule has 3 rings (SSSR count). The van der Waals surface area contributed by atoms with E-state index >= 15 is 0 Å². The van der Waals surface area contributed by atoms with E-state index in [2.05, 4.69) is 34.5 Å². The van der Waals surface area contributed by atoms with Crippen molar-refractivity contribution in [2.75, 3.05) is 36.5 Å². The minimum atomic E-state index is 0.0520. The van der Waals surface area contributed by atoms with Crippen LogP contribution in [0.5, 0.6) is 0 Å². The fourth-order valence-electron chi connectivity index (χ4n) is 2.81. The van der Waals surface area contributed by atoms with E-state index in [4.69, 9.17) is 4.74 Å². The molecule has 1 heterocycles. The highest BCUT2D eigenvalue weighted by atomic mass is 16.5. The number of anilines is 2. The quantitative estimate of drug-likeness (QED) is 0.916. The van der Waals surface area contributed by atoms with Crippen LogP contribution >= 0.6 is 0 Å². The molecule has 0 bridgehead atoms. The molecule has 1 saturated heterocycles. The van der Waals surface area contributed by atoms with Gasteiger partial charge in [-0.2, -0.15) is 0 Å². The molecule has 2 aromatic carbocycles. The van der Waals surface area contributed by atoms with E-state index in [0.717, 1.165) is 38.4 Å². The van der Waals surface area contributed by atoms with E-state index in [9.17, 15) is 4.79 Å². The summed E-state index contributed by atoms with van der Waals surface area (Å²) < 4.78 is 5.38. The summed E-state index contributed by atoms with van der Waals surface area (Å²) in [5, 5.41) is 2.94. The third kappa shape index (κ3) is 4.59. The molecule has 1 N–H and O–H groups in total. The maximum atomic E-state index is 12.1. The second-order valence-electron chi connectivity index (χ2n) is 6.18. The Balaban J connectivity index is 1.49. The predicted molar refractivity (Wildman–Crippen MR) is 97.6 cm³/mol. The van der Waals surface area contributed by atoms with Crippen LogP contribution in [0.3, 0.4) is 0 Å². The topological polar surface area (TPSA) is 41.6 Å². The van der Waals surface area contributed by atoms with Crippen molar-refractivity contribution in [3.8, 4) is 0 Å². The maximum absolute atomic E-state index is 12.1. The number of hydrogen-bond acceptors (Lipinski definition) is 3. The van der Waals surface area contributed by atoms with Crippen molar-refractivity contribution in [2.24, 2.45) is 0 Å². The molecule has 4 nitrogen and oxygen atoms in total. The molecule has 0 atom stereocenters. The van der Waals surface area contributed by atoms with E-state index in [1.807, 2.05) is 31.2 Å². The molecule has 1 aliphatic rings. The molecular weight excluding hydrogens is 300 g/mol. The number of carbonyl (C=O) groups excluding carboxylic acids is 1. The number of nitrogens with one attached hydrogen (secondary N) is 1. The highest BCUT2D eigenvalue weighted by molar-refractivity contribution is 5.90. The third-order valence-electron chi connectivity index (χ3n) is 4.29. The van der Waals surface area contributed by atoms with Crippen LogP contribution in [-0.2, 0) is 16.0 Å². The van der Waals surface area contributed by atoms with E-state index in [0.29, 0.717) is 6.42 Å². The number of morpholine rings is 1. The van der Waals surface area contributed by atoms with Crippen LogP contribution in [0.15, 0.2) is 48.5 Å². The van der Waals surface area contributed by atoms with Gasteiger partial charge in [-0.05, 0) is 43.2 Å². The lowest BCUT2D eigenvalue weighted by molar-refractivity contribution is -0.116. The van der Waals surface area contributed by atoms with Crippen molar-refractivity contribution in [1.82, 2.24) is 0 Å². The first-order valence-electron chi connectivity index (χ1n) is 8.49. The van der Waals surface area contributed by atoms with Gasteiger partial charge in [0, 0.05) is 30.9 Å². The van der Waals surface area contributed by atoms with E-state index in [-0.39, 0.29) is 5.91 Å². The second-order valence-corrected chi connectivity index (χ2v) is 6.18. The molecule has 0 aromatic heterocycles. The molecule has 24 heavy (non-hydrogen) atoms. The van der Waals surface area contributed by atoms with Crippen LogP contribution < -0.4 is 10.2 Å². The third-order valence-corrected chi connectivity index (χ3v) is 4.29. The monoisotopic (exact) mass is 324 g/mol. The van der Waals surface area contributed by atoms with Gasteiger partial charge in [-0.15, -0.1) is 0 Å². The molecule has 1 fully saturated rings. The Hall–Kier alpha value is -2.33. The average molecular weight is 324 g/mol.